The molecule has 33 heavy (non-hydrogen) atoms. The SMILES string of the molecule is COCC(C)NNC(=O)c1cc(NCC2(C=O)C(c3cc(Cl)cc(Cl)c3)C2(Cl)Cl)ccc1Cl. The number of nitrogens with one attached hydrogen (secondary N) is 3. The molecule has 1 amide bonds. The molecule has 0 aliphatic heterocycles. The van der Waals surface area contributed by atoms with Crippen molar-refractivity contribution in [2.24, 2.45) is 5.41 Å². The van der Waals surface area contributed by atoms with Gasteiger partial charge in [0.25, 0.3) is 5.91 Å². The number of ether oxygens (including phenoxy) is 1. The van der Waals surface area contributed by atoms with Crippen LogP contribution in [0.2, 0.25) is 15.1 Å². The maximum absolute atomic E-state index is 12.6. The van der Waals surface area contributed by atoms with E-state index < -0.39 is 21.6 Å². The third-order valence-electron chi connectivity index (χ3n) is 5.49. The first kappa shape index (κ1) is 26.4. The van der Waals surface area contributed by atoms with Gasteiger partial charge in [-0.25, -0.2) is 5.43 Å². The predicted octanol–water partition coefficient (Wildman–Crippen LogP) is 5.48. The average Bonchev–Trinajstić information content (AvgIpc) is 3.25. The first-order valence-electron chi connectivity index (χ1n) is 9.94. The fourth-order valence-electron chi connectivity index (χ4n) is 3.74. The van der Waals surface area contributed by atoms with Gasteiger partial charge in [0.1, 0.15) is 10.6 Å². The monoisotopic (exact) mass is 551 g/mol. The zero-order valence-corrected chi connectivity index (χ0v) is 21.5. The summed E-state index contributed by atoms with van der Waals surface area (Å²) in [5, 5.41) is 4.25. The van der Waals surface area contributed by atoms with E-state index in [1.54, 1.807) is 43.5 Å². The number of carbonyl (C=O) groups is 2. The number of hydrogen-bond donors (Lipinski definition) is 3. The highest BCUT2D eigenvalue weighted by Crippen LogP contribution is 2.73. The lowest BCUT2D eigenvalue weighted by Crippen LogP contribution is -2.44. The van der Waals surface area contributed by atoms with Crippen LogP contribution in [0.4, 0.5) is 5.69 Å². The Bertz CT molecular complexity index is 1030. The summed E-state index contributed by atoms with van der Waals surface area (Å²) in [6.07, 6.45) is 0.740. The summed E-state index contributed by atoms with van der Waals surface area (Å²) in [6.45, 7) is 2.39. The van der Waals surface area contributed by atoms with E-state index in [9.17, 15) is 9.59 Å². The lowest BCUT2D eigenvalue weighted by molar-refractivity contribution is -0.112. The fourth-order valence-corrected chi connectivity index (χ4v) is 5.46. The van der Waals surface area contributed by atoms with Crippen LogP contribution in [0.3, 0.4) is 0 Å². The van der Waals surface area contributed by atoms with Crippen LogP contribution >= 0.6 is 58.0 Å². The molecule has 0 bridgehead atoms. The summed E-state index contributed by atoms with van der Waals surface area (Å²) in [5.74, 6) is -0.935. The molecule has 2 aromatic rings. The molecule has 3 unspecified atom stereocenters. The Labute approximate surface area is 217 Å². The molecule has 3 rings (SSSR count). The van der Waals surface area contributed by atoms with Crippen molar-refractivity contribution < 1.29 is 14.3 Å². The van der Waals surface area contributed by atoms with Crippen LogP contribution in [0.25, 0.3) is 0 Å². The van der Waals surface area contributed by atoms with Crippen LogP contribution in [-0.2, 0) is 9.53 Å². The molecule has 178 valence electrons. The van der Waals surface area contributed by atoms with E-state index in [1.807, 2.05) is 6.92 Å². The van der Waals surface area contributed by atoms with Crippen LogP contribution in [-0.4, -0.2) is 42.8 Å². The van der Waals surface area contributed by atoms with Crippen LogP contribution < -0.4 is 16.2 Å². The summed E-state index contributed by atoms with van der Waals surface area (Å²) >= 11 is 31.5. The third kappa shape index (κ3) is 5.54. The lowest BCUT2D eigenvalue weighted by atomic mass is 10.00. The highest BCUT2D eigenvalue weighted by molar-refractivity contribution is 6.54. The van der Waals surface area contributed by atoms with Crippen molar-refractivity contribution in [2.45, 2.75) is 23.2 Å². The van der Waals surface area contributed by atoms with E-state index in [1.165, 1.54) is 0 Å². The minimum absolute atomic E-state index is 0.0983. The molecule has 0 spiro atoms. The predicted molar refractivity (Wildman–Crippen MR) is 134 cm³/mol. The number of benzene rings is 2. The number of methoxy groups -OCH3 is 1. The summed E-state index contributed by atoms with van der Waals surface area (Å²) in [5.41, 5.74) is 5.79. The van der Waals surface area contributed by atoms with Gasteiger partial charge in [-0.1, -0.05) is 58.0 Å². The van der Waals surface area contributed by atoms with Gasteiger partial charge in [-0.2, -0.15) is 0 Å². The minimum Gasteiger partial charge on any atom is -0.384 e. The summed E-state index contributed by atoms with van der Waals surface area (Å²) in [7, 11) is 1.57. The van der Waals surface area contributed by atoms with E-state index >= 15 is 0 Å². The lowest BCUT2D eigenvalue weighted by Gasteiger charge is -2.16. The van der Waals surface area contributed by atoms with Gasteiger partial charge in [0, 0.05) is 41.3 Å². The van der Waals surface area contributed by atoms with Crippen molar-refractivity contribution >= 4 is 75.9 Å². The molecule has 0 saturated heterocycles. The fraction of sp³-hybridized carbons (Fsp3) is 0.364. The highest BCUT2D eigenvalue weighted by Gasteiger charge is 2.76. The molecule has 0 aromatic heterocycles. The topological polar surface area (TPSA) is 79.5 Å². The molecule has 1 aliphatic rings. The first-order chi connectivity index (χ1) is 15.6. The number of anilines is 1. The number of hydrazine groups is 1. The number of amides is 1. The maximum atomic E-state index is 12.6. The van der Waals surface area contributed by atoms with E-state index in [-0.39, 0.29) is 23.2 Å². The van der Waals surface area contributed by atoms with Crippen molar-refractivity contribution in [2.75, 3.05) is 25.6 Å². The first-order valence-corrected chi connectivity index (χ1v) is 11.8. The van der Waals surface area contributed by atoms with Crippen molar-refractivity contribution in [1.82, 2.24) is 10.9 Å². The normalized spacial score (nSPS) is 21.8. The quantitative estimate of drug-likeness (QED) is 0.206. The molecule has 1 aliphatic carbocycles. The number of alkyl halides is 2. The maximum Gasteiger partial charge on any atom is 0.266 e. The van der Waals surface area contributed by atoms with E-state index in [4.69, 9.17) is 62.7 Å². The van der Waals surface area contributed by atoms with Gasteiger partial charge in [0.05, 0.1) is 22.6 Å². The largest absolute Gasteiger partial charge is 0.384 e. The van der Waals surface area contributed by atoms with Crippen molar-refractivity contribution in [3.8, 4) is 0 Å². The van der Waals surface area contributed by atoms with E-state index in [0.29, 0.717) is 27.9 Å². The number of carbonyl (C=O) groups excluding carboxylic acids is 2. The standard InChI is InChI=1S/C22H22Cl5N3O3/c1-12(9-33-2)29-30-20(32)17-8-16(3-4-18(17)25)28-10-21(11-31)19(22(21,26)27)13-5-14(23)7-15(24)6-13/h3-8,11-12,19,28-29H,9-10H2,1-2H3,(H,30,32). The van der Waals surface area contributed by atoms with E-state index in [0.717, 1.165) is 6.29 Å². The highest BCUT2D eigenvalue weighted by atomic mass is 35.5. The molecular formula is C22H22Cl5N3O3. The van der Waals surface area contributed by atoms with Gasteiger partial charge in [0.15, 0.2) is 0 Å². The smallest absolute Gasteiger partial charge is 0.266 e. The number of rotatable bonds is 10. The van der Waals surface area contributed by atoms with Crippen LogP contribution in [0.5, 0.6) is 0 Å². The van der Waals surface area contributed by atoms with Gasteiger partial charge >= 0.3 is 0 Å². The zero-order valence-electron chi connectivity index (χ0n) is 17.7. The molecule has 0 heterocycles. The number of aldehydes is 1. The van der Waals surface area contributed by atoms with E-state index in [2.05, 4.69) is 16.2 Å². The van der Waals surface area contributed by atoms with Gasteiger partial charge < -0.3 is 14.8 Å². The Kier molecular flexibility index (Phi) is 8.44. The molecule has 3 N–H and O–H groups in total. The van der Waals surface area contributed by atoms with Crippen molar-refractivity contribution in [1.29, 1.82) is 0 Å². The Morgan fingerprint density at radius 1 is 1.15 bits per heavy atom. The Morgan fingerprint density at radius 2 is 1.82 bits per heavy atom. The molecule has 6 nitrogen and oxygen atoms in total. The summed E-state index contributed by atoms with van der Waals surface area (Å²) in [4.78, 5) is 24.7. The van der Waals surface area contributed by atoms with Crippen molar-refractivity contribution in [3.63, 3.8) is 0 Å². The number of halogens is 5. The second-order valence-electron chi connectivity index (χ2n) is 7.92. The molecule has 1 saturated carbocycles. The third-order valence-corrected chi connectivity index (χ3v) is 7.39. The zero-order chi connectivity index (χ0) is 24.4. The van der Waals surface area contributed by atoms with Crippen molar-refractivity contribution in [3.05, 3.63) is 62.6 Å². The van der Waals surface area contributed by atoms with Gasteiger partial charge in [-0.15, -0.1) is 0 Å². The molecule has 2 aromatic carbocycles. The molecular weight excluding hydrogens is 532 g/mol. The molecule has 11 heteroatoms. The second kappa shape index (κ2) is 10.6. The summed E-state index contributed by atoms with van der Waals surface area (Å²) in [6, 6.07) is 9.72. The Hall–Kier alpha value is -1.25. The van der Waals surface area contributed by atoms with Crippen LogP contribution in [0.1, 0.15) is 28.8 Å². The molecule has 3 atom stereocenters. The average molecular weight is 554 g/mol. The van der Waals surface area contributed by atoms with Crippen LogP contribution in [0, 0.1) is 5.41 Å². The second-order valence-corrected chi connectivity index (χ2v) is 10.6. The number of hydrogen-bond acceptors (Lipinski definition) is 5. The van der Waals surface area contributed by atoms with Gasteiger partial charge in [-0.05, 0) is 48.9 Å². The molecule has 0 radical (unpaired) electrons. The molecule has 1 fully saturated rings. The summed E-state index contributed by atoms with van der Waals surface area (Å²) < 4.78 is 3.66. The Balaban J connectivity index is 1.75. The Morgan fingerprint density at radius 3 is 2.42 bits per heavy atom. The van der Waals surface area contributed by atoms with Crippen LogP contribution in [0.15, 0.2) is 36.4 Å². The van der Waals surface area contributed by atoms with Gasteiger partial charge in [0.2, 0.25) is 0 Å². The minimum atomic E-state index is -1.36. The van der Waals surface area contributed by atoms with Gasteiger partial charge in [-0.3, -0.25) is 10.2 Å².